The lowest BCUT2D eigenvalue weighted by molar-refractivity contribution is -0.137. The van der Waals surface area contributed by atoms with Gasteiger partial charge in [-0.2, -0.15) is 18.2 Å². The number of anilines is 1. The fourth-order valence-corrected chi connectivity index (χ4v) is 6.43. The Bertz CT molecular complexity index is 1290. The molecule has 1 saturated heterocycles. The van der Waals surface area contributed by atoms with E-state index in [9.17, 15) is 18.0 Å². The van der Waals surface area contributed by atoms with E-state index in [2.05, 4.69) is 20.3 Å². The summed E-state index contributed by atoms with van der Waals surface area (Å²) in [5.41, 5.74) is -0.395. The van der Waals surface area contributed by atoms with Crippen molar-refractivity contribution < 1.29 is 13.2 Å². The Kier molecular flexibility index (Phi) is 5.97. The molecular formula is C22H22ClF3N6OS. The number of piperazine rings is 1. The van der Waals surface area contributed by atoms with E-state index in [0.717, 1.165) is 6.07 Å². The summed E-state index contributed by atoms with van der Waals surface area (Å²) >= 11 is 7.56. The van der Waals surface area contributed by atoms with Crippen molar-refractivity contribution in [3.63, 3.8) is 0 Å². The Morgan fingerprint density at radius 2 is 1.91 bits per heavy atom. The van der Waals surface area contributed by atoms with Gasteiger partial charge < -0.3 is 10.2 Å². The number of nitrogens with one attached hydrogen (secondary N) is 1. The van der Waals surface area contributed by atoms with Crippen molar-refractivity contribution in [1.29, 1.82) is 0 Å². The molecule has 7 nitrogen and oxygen atoms in total. The maximum atomic E-state index is 14.0. The fourth-order valence-electron chi connectivity index (χ4n) is 4.78. The maximum Gasteiger partial charge on any atom is 0.417 e. The molecule has 2 aliphatic rings. The van der Waals surface area contributed by atoms with Gasteiger partial charge in [-0.3, -0.25) is 14.5 Å². The molecule has 0 saturated carbocycles. The standard InChI is InChI=1S/C22H22ClF3N6OS/c1-11-7-31(8-12(2)29-11)20-14-5-15(22(24,25)26)17(23)19-18(14)32(21(33)30-20)9-13(10-34-19)16-6-27-3-4-28-16/h3-6,11-13,29H,7-10H2,1-2H3/t11-,12+,13-/m0/s1. The summed E-state index contributed by atoms with van der Waals surface area (Å²) in [6, 6.07) is 1.21. The van der Waals surface area contributed by atoms with Gasteiger partial charge in [0.25, 0.3) is 0 Å². The summed E-state index contributed by atoms with van der Waals surface area (Å²) in [6.07, 6.45) is 0.0582. The monoisotopic (exact) mass is 510 g/mol. The normalized spacial score (nSPS) is 23.2. The van der Waals surface area contributed by atoms with E-state index < -0.39 is 22.5 Å². The van der Waals surface area contributed by atoms with Crippen molar-refractivity contribution in [2.24, 2.45) is 0 Å². The van der Waals surface area contributed by atoms with Gasteiger partial charge in [0.15, 0.2) is 0 Å². The zero-order valence-electron chi connectivity index (χ0n) is 18.4. The van der Waals surface area contributed by atoms with Crippen LogP contribution in [0.4, 0.5) is 19.0 Å². The van der Waals surface area contributed by atoms with Gasteiger partial charge in [-0.1, -0.05) is 11.6 Å². The average Bonchev–Trinajstić information content (AvgIpc) is 2.98. The second-order valence-corrected chi connectivity index (χ2v) is 10.2. The first kappa shape index (κ1) is 23.4. The summed E-state index contributed by atoms with van der Waals surface area (Å²) in [6.45, 7) is 5.24. The molecule has 4 heterocycles. The van der Waals surface area contributed by atoms with Crippen LogP contribution in [0.5, 0.6) is 0 Å². The summed E-state index contributed by atoms with van der Waals surface area (Å²) in [5, 5.41) is 3.28. The summed E-state index contributed by atoms with van der Waals surface area (Å²) in [5.74, 6) is 0.412. The summed E-state index contributed by atoms with van der Waals surface area (Å²) in [7, 11) is 0. The van der Waals surface area contributed by atoms with E-state index in [1.54, 1.807) is 18.6 Å². The Balaban J connectivity index is 1.76. The number of nitrogens with zero attached hydrogens (tertiary/aromatic N) is 5. The molecule has 0 bridgehead atoms. The number of thioether (sulfide) groups is 1. The smallest absolute Gasteiger partial charge is 0.353 e. The van der Waals surface area contributed by atoms with Gasteiger partial charge in [-0.15, -0.1) is 11.8 Å². The lowest BCUT2D eigenvalue weighted by atomic mass is 10.1. The maximum absolute atomic E-state index is 14.0. The van der Waals surface area contributed by atoms with Gasteiger partial charge in [0.2, 0.25) is 0 Å². The molecule has 0 unspecified atom stereocenters. The van der Waals surface area contributed by atoms with Crippen molar-refractivity contribution >= 4 is 40.1 Å². The zero-order chi connectivity index (χ0) is 24.2. The van der Waals surface area contributed by atoms with Crippen LogP contribution >= 0.6 is 23.4 Å². The zero-order valence-corrected chi connectivity index (χ0v) is 20.0. The SMILES string of the molecule is C[C@@H]1CN(c2nc(=O)n3c4c(c(Cl)c(C(F)(F)F)cc24)SC[C@@H](c2cnccn2)C3)C[C@H](C)N1. The van der Waals surface area contributed by atoms with Crippen molar-refractivity contribution in [2.45, 2.75) is 49.5 Å². The number of halogens is 4. The van der Waals surface area contributed by atoms with Crippen LogP contribution in [0.15, 0.2) is 34.3 Å². The predicted octanol–water partition coefficient (Wildman–Crippen LogP) is 3.93. The summed E-state index contributed by atoms with van der Waals surface area (Å²) < 4.78 is 43.5. The fraction of sp³-hybridized carbons (Fsp3) is 0.455. The molecule has 2 aliphatic heterocycles. The molecule has 3 atom stereocenters. The van der Waals surface area contributed by atoms with Gasteiger partial charge in [-0.25, -0.2) is 4.79 Å². The topological polar surface area (TPSA) is 75.9 Å². The van der Waals surface area contributed by atoms with Gasteiger partial charge in [0.05, 0.1) is 26.7 Å². The molecule has 0 radical (unpaired) electrons. The predicted molar refractivity (Wildman–Crippen MR) is 126 cm³/mol. The lowest BCUT2D eigenvalue weighted by Gasteiger charge is -2.37. The van der Waals surface area contributed by atoms with E-state index in [0.29, 0.717) is 30.1 Å². The summed E-state index contributed by atoms with van der Waals surface area (Å²) in [4.78, 5) is 28.2. The van der Waals surface area contributed by atoms with Crippen molar-refractivity contribution in [1.82, 2.24) is 24.8 Å². The van der Waals surface area contributed by atoms with Crippen LogP contribution in [-0.2, 0) is 12.7 Å². The number of alkyl halides is 3. The lowest BCUT2D eigenvalue weighted by Crippen LogP contribution is -2.55. The molecule has 1 N–H and O–H groups in total. The number of hydrogen-bond donors (Lipinski definition) is 1. The first-order valence-corrected chi connectivity index (χ1v) is 12.2. The highest BCUT2D eigenvalue weighted by molar-refractivity contribution is 7.99. The second-order valence-electron chi connectivity index (χ2n) is 8.80. The Morgan fingerprint density at radius 1 is 1.18 bits per heavy atom. The van der Waals surface area contributed by atoms with E-state index in [1.807, 2.05) is 18.7 Å². The quantitative estimate of drug-likeness (QED) is 0.559. The third kappa shape index (κ3) is 4.14. The molecular weight excluding hydrogens is 489 g/mol. The molecule has 0 aliphatic carbocycles. The first-order valence-electron chi connectivity index (χ1n) is 10.9. The van der Waals surface area contributed by atoms with Crippen LogP contribution in [-0.4, -0.2) is 50.4 Å². The Labute approximate surface area is 202 Å². The third-order valence-corrected chi connectivity index (χ3v) is 7.89. The molecule has 1 fully saturated rings. The van der Waals surface area contributed by atoms with E-state index in [1.165, 1.54) is 16.3 Å². The molecule has 0 spiro atoms. The molecule has 0 amide bonds. The molecule has 180 valence electrons. The Morgan fingerprint density at radius 3 is 2.56 bits per heavy atom. The molecule has 5 rings (SSSR count). The molecule has 12 heteroatoms. The van der Waals surface area contributed by atoms with Gasteiger partial charge in [-0.05, 0) is 19.9 Å². The van der Waals surface area contributed by atoms with E-state index in [4.69, 9.17) is 11.6 Å². The Hall–Kier alpha value is -2.37. The number of benzene rings is 1. The number of hydrogen-bond acceptors (Lipinski definition) is 7. The van der Waals surface area contributed by atoms with Crippen LogP contribution in [0, 0.1) is 0 Å². The number of rotatable bonds is 2. The van der Waals surface area contributed by atoms with E-state index in [-0.39, 0.29) is 40.6 Å². The van der Waals surface area contributed by atoms with Crippen molar-refractivity contribution in [2.75, 3.05) is 23.7 Å². The molecule has 3 aromatic rings. The minimum atomic E-state index is -4.65. The highest BCUT2D eigenvalue weighted by atomic mass is 35.5. The van der Waals surface area contributed by atoms with Gasteiger partial charge >= 0.3 is 11.9 Å². The second kappa shape index (κ2) is 8.69. The highest BCUT2D eigenvalue weighted by Crippen LogP contribution is 2.47. The van der Waals surface area contributed by atoms with E-state index >= 15 is 0 Å². The third-order valence-electron chi connectivity index (χ3n) is 6.13. The number of aromatic nitrogens is 4. The molecule has 1 aromatic carbocycles. The first-order chi connectivity index (χ1) is 16.1. The molecule has 2 aromatic heterocycles. The van der Waals surface area contributed by atoms with Crippen LogP contribution in [0.25, 0.3) is 10.9 Å². The van der Waals surface area contributed by atoms with Gasteiger partial charge in [0.1, 0.15) is 5.82 Å². The van der Waals surface area contributed by atoms with Crippen LogP contribution in [0.2, 0.25) is 5.02 Å². The minimum Gasteiger partial charge on any atom is -0.353 e. The van der Waals surface area contributed by atoms with Crippen LogP contribution in [0.1, 0.15) is 31.0 Å². The van der Waals surface area contributed by atoms with Crippen LogP contribution in [0.3, 0.4) is 0 Å². The van der Waals surface area contributed by atoms with Crippen LogP contribution < -0.4 is 15.9 Å². The highest BCUT2D eigenvalue weighted by Gasteiger charge is 2.38. The largest absolute Gasteiger partial charge is 0.417 e. The minimum absolute atomic E-state index is 0.0861. The van der Waals surface area contributed by atoms with Gasteiger partial charge in [0, 0.05) is 67.4 Å². The van der Waals surface area contributed by atoms with Crippen molar-refractivity contribution in [3.05, 3.63) is 51.4 Å². The van der Waals surface area contributed by atoms with Crippen molar-refractivity contribution in [3.8, 4) is 0 Å². The molecule has 34 heavy (non-hydrogen) atoms. The average molecular weight is 511 g/mol.